The second kappa shape index (κ2) is 8.86. The minimum absolute atomic E-state index is 0.792. The zero-order valence-electron chi connectivity index (χ0n) is 17.0. The van der Waals surface area contributed by atoms with Gasteiger partial charge >= 0.3 is 0 Å². The molecule has 0 spiro atoms. The quantitative estimate of drug-likeness (QED) is 0.692. The molecule has 1 N–H and O–H groups in total. The van der Waals surface area contributed by atoms with Crippen molar-refractivity contribution in [3.8, 4) is 0 Å². The van der Waals surface area contributed by atoms with E-state index < -0.39 is 0 Å². The molecule has 0 saturated carbocycles. The van der Waals surface area contributed by atoms with Gasteiger partial charge in [-0.25, -0.2) is 19.9 Å². The van der Waals surface area contributed by atoms with E-state index in [1.54, 1.807) is 18.7 Å². The Bertz CT molecular complexity index is 915. The van der Waals surface area contributed by atoms with Crippen molar-refractivity contribution in [2.45, 2.75) is 26.7 Å². The molecule has 0 aliphatic carbocycles. The third-order valence-electron chi connectivity index (χ3n) is 5.34. The number of aromatic nitrogens is 4. The van der Waals surface area contributed by atoms with Crippen LogP contribution in [0.15, 0.2) is 49.1 Å². The van der Waals surface area contributed by atoms with E-state index >= 15 is 0 Å². The summed E-state index contributed by atoms with van der Waals surface area (Å²) in [6, 6.07) is 10.4. The number of hydrogen-bond acceptors (Lipinski definition) is 7. The first-order valence-corrected chi connectivity index (χ1v) is 10.2. The van der Waals surface area contributed by atoms with E-state index in [0.717, 1.165) is 56.6 Å². The van der Waals surface area contributed by atoms with E-state index in [9.17, 15) is 0 Å². The maximum atomic E-state index is 4.51. The van der Waals surface area contributed by atoms with Crippen molar-refractivity contribution in [1.82, 2.24) is 19.9 Å². The zero-order chi connectivity index (χ0) is 20.1. The first-order chi connectivity index (χ1) is 14.3. The van der Waals surface area contributed by atoms with Crippen molar-refractivity contribution in [2.75, 3.05) is 41.3 Å². The van der Waals surface area contributed by atoms with E-state index in [1.165, 1.54) is 16.8 Å². The SMILES string of the molecule is CCc1cccc(CC)c1Nc1cc(N2CCN(c3ncccn3)CC2)ncn1. The molecular weight excluding hydrogens is 362 g/mol. The first kappa shape index (κ1) is 19.1. The monoisotopic (exact) mass is 389 g/mol. The molecule has 1 aliphatic heterocycles. The van der Waals surface area contributed by atoms with Crippen LogP contribution >= 0.6 is 0 Å². The molecule has 4 rings (SSSR count). The molecule has 7 nitrogen and oxygen atoms in total. The van der Waals surface area contributed by atoms with E-state index in [-0.39, 0.29) is 0 Å². The lowest BCUT2D eigenvalue weighted by Gasteiger charge is -2.35. The number of nitrogens with one attached hydrogen (secondary N) is 1. The van der Waals surface area contributed by atoms with Gasteiger partial charge in [0, 0.05) is 50.3 Å². The molecule has 3 heterocycles. The smallest absolute Gasteiger partial charge is 0.225 e. The molecule has 0 atom stereocenters. The van der Waals surface area contributed by atoms with Crippen LogP contribution in [-0.2, 0) is 12.8 Å². The molecular formula is C22H27N7. The number of anilines is 4. The highest BCUT2D eigenvalue weighted by Gasteiger charge is 2.20. The van der Waals surface area contributed by atoms with Crippen LogP contribution in [0.3, 0.4) is 0 Å². The largest absolute Gasteiger partial charge is 0.353 e. The highest BCUT2D eigenvalue weighted by atomic mass is 15.3. The summed E-state index contributed by atoms with van der Waals surface area (Å²) in [5, 5.41) is 3.55. The number of rotatable bonds is 6. The number of piperazine rings is 1. The summed E-state index contributed by atoms with van der Waals surface area (Å²) >= 11 is 0. The Hall–Kier alpha value is -3.22. The van der Waals surface area contributed by atoms with Crippen LogP contribution in [0.1, 0.15) is 25.0 Å². The highest BCUT2D eigenvalue weighted by Crippen LogP contribution is 2.27. The van der Waals surface area contributed by atoms with Gasteiger partial charge in [0.25, 0.3) is 0 Å². The highest BCUT2D eigenvalue weighted by molar-refractivity contribution is 5.66. The standard InChI is InChI=1S/C22H27N7/c1-3-17-7-5-8-18(4-2)21(17)27-19-15-20(26-16-25-19)28-11-13-29(14-12-28)22-23-9-6-10-24-22/h5-10,15-16H,3-4,11-14H2,1-2H3,(H,25,26,27). The zero-order valence-corrected chi connectivity index (χ0v) is 17.0. The Kier molecular flexibility index (Phi) is 5.84. The minimum atomic E-state index is 0.792. The summed E-state index contributed by atoms with van der Waals surface area (Å²) in [6.45, 7) is 7.86. The molecule has 29 heavy (non-hydrogen) atoms. The normalized spacial score (nSPS) is 14.1. The van der Waals surface area contributed by atoms with Crippen molar-refractivity contribution in [3.63, 3.8) is 0 Å². The van der Waals surface area contributed by atoms with Crippen molar-refractivity contribution in [1.29, 1.82) is 0 Å². The number of nitrogens with zero attached hydrogens (tertiary/aromatic N) is 6. The van der Waals surface area contributed by atoms with Gasteiger partial charge in [-0.05, 0) is 30.0 Å². The molecule has 0 amide bonds. The summed E-state index contributed by atoms with van der Waals surface area (Å²) in [5.41, 5.74) is 3.79. The maximum absolute atomic E-state index is 4.51. The van der Waals surface area contributed by atoms with Crippen molar-refractivity contribution < 1.29 is 0 Å². The fraction of sp³-hybridized carbons (Fsp3) is 0.364. The van der Waals surface area contributed by atoms with E-state index in [4.69, 9.17) is 0 Å². The summed E-state index contributed by atoms with van der Waals surface area (Å²) in [7, 11) is 0. The van der Waals surface area contributed by atoms with E-state index in [2.05, 4.69) is 67.1 Å². The number of benzene rings is 1. The molecule has 2 aromatic heterocycles. The Labute approximate surface area is 171 Å². The average Bonchev–Trinajstić information content (AvgIpc) is 2.80. The lowest BCUT2D eigenvalue weighted by molar-refractivity contribution is 0.634. The topological polar surface area (TPSA) is 70.1 Å². The second-order valence-corrected chi connectivity index (χ2v) is 7.07. The van der Waals surface area contributed by atoms with Crippen molar-refractivity contribution in [2.24, 2.45) is 0 Å². The van der Waals surface area contributed by atoms with Gasteiger partial charge in [0.05, 0.1) is 0 Å². The predicted octanol–water partition coefficient (Wildman–Crippen LogP) is 3.46. The predicted molar refractivity (Wildman–Crippen MR) is 117 cm³/mol. The van der Waals surface area contributed by atoms with E-state index in [0.29, 0.717) is 0 Å². The Morgan fingerprint density at radius 1 is 0.828 bits per heavy atom. The van der Waals surface area contributed by atoms with E-state index in [1.807, 2.05) is 12.1 Å². The molecule has 0 bridgehead atoms. The third kappa shape index (κ3) is 4.29. The van der Waals surface area contributed by atoms with Gasteiger partial charge in [0.15, 0.2) is 0 Å². The van der Waals surface area contributed by atoms with Crippen LogP contribution in [0.2, 0.25) is 0 Å². The van der Waals surface area contributed by atoms with Crippen LogP contribution in [0.25, 0.3) is 0 Å². The Morgan fingerprint density at radius 3 is 2.14 bits per heavy atom. The minimum Gasteiger partial charge on any atom is -0.353 e. The first-order valence-electron chi connectivity index (χ1n) is 10.2. The van der Waals surface area contributed by atoms with Crippen LogP contribution in [-0.4, -0.2) is 46.1 Å². The van der Waals surface area contributed by atoms with Gasteiger partial charge in [-0.15, -0.1) is 0 Å². The van der Waals surface area contributed by atoms with Gasteiger partial charge in [-0.3, -0.25) is 0 Å². The lowest BCUT2D eigenvalue weighted by atomic mass is 10.0. The van der Waals surface area contributed by atoms with Crippen LogP contribution in [0.5, 0.6) is 0 Å². The summed E-state index contributed by atoms with van der Waals surface area (Å²) < 4.78 is 0. The number of para-hydroxylation sites is 1. The summed E-state index contributed by atoms with van der Waals surface area (Å²) in [5.74, 6) is 2.57. The number of aryl methyl sites for hydroxylation is 2. The molecule has 150 valence electrons. The molecule has 1 fully saturated rings. The molecule has 1 aromatic carbocycles. The molecule has 1 aliphatic rings. The Morgan fingerprint density at radius 2 is 1.48 bits per heavy atom. The molecule has 1 saturated heterocycles. The van der Waals surface area contributed by atoms with Crippen molar-refractivity contribution in [3.05, 3.63) is 60.2 Å². The maximum Gasteiger partial charge on any atom is 0.225 e. The Balaban J connectivity index is 1.48. The fourth-order valence-corrected chi connectivity index (χ4v) is 3.71. The van der Waals surface area contributed by atoms with Crippen LogP contribution in [0, 0.1) is 0 Å². The van der Waals surface area contributed by atoms with Crippen LogP contribution < -0.4 is 15.1 Å². The lowest BCUT2D eigenvalue weighted by Crippen LogP contribution is -2.47. The summed E-state index contributed by atoms with van der Waals surface area (Å²) in [4.78, 5) is 22.2. The molecule has 7 heteroatoms. The second-order valence-electron chi connectivity index (χ2n) is 7.07. The molecule has 3 aromatic rings. The average molecular weight is 390 g/mol. The molecule has 0 radical (unpaired) electrons. The van der Waals surface area contributed by atoms with Gasteiger partial charge in [-0.1, -0.05) is 32.0 Å². The third-order valence-corrected chi connectivity index (χ3v) is 5.34. The van der Waals surface area contributed by atoms with Gasteiger partial charge < -0.3 is 15.1 Å². The van der Waals surface area contributed by atoms with Gasteiger partial charge in [0.1, 0.15) is 18.0 Å². The number of hydrogen-bond donors (Lipinski definition) is 1. The molecule has 0 unspecified atom stereocenters. The summed E-state index contributed by atoms with van der Waals surface area (Å²) in [6.07, 6.45) is 7.19. The van der Waals surface area contributed by atoms with Crippen LogP contribution in [0.4, 0.5) is 23.3 Å². The van der Waals surface area contributed by atoms with Gasteiger partial charge in [0.2, 0.25) is 5.95 Å². The van der Waals surface area contributed by atoms with Gasteiger partial charge in [-0.2, -0.15) is 0 Å². The van der Waals surface area contributed by atoms with Crippen molar-refractivity contribution >= 4 is 23.3 Å². The fourth-order valence-electron chi connectivity index (χ4n) is 3.71.